The second-order valence-corrected chi connectivity index (χ2v) is 7.04. The number of halogens is 1. The summed E-state index contributed by atoms with van der Waals surface area (Å²) < 4.78 is 0. The van der Waals surface area contributed by atoms with Crippen LogP contribution in [0.4, 0.5) is 10.5 Å². The SMILES string of the molecule is O=C(NCC(c1cccs1)N1CCCC1)Nc1cccc(Cl)c1. The molecule has 1 saturated heterocycles. The second kappa shape index (κ2) is 7.81. The van der Waals surface area contributed by atoms with Crippen molar-refractivity contribution in [3.05, 3.63) is 51.7 Å². The van der Waals surface area contributed by atoms with Gasteiger partial charge in [0.05, 0.1) is 6.04 Å². The van der Waals surface area contributed by atoms with Gasteiger partial charge >= 0.3 is 6.03 Å². The van der Waals surface area contributed by atoms with Crippen LogP contribution >= 0.6 is 22.9 Å². The lowest BCUT2D eigenvalue weighted by Crippen LogP contribution is -2.38. The number of thiophene rings is 1. The Kier molecular flexibility index (Phi) is 5.54. The summed E-state index contributed by atoms with van der Waals surface area (Å²) >= 11 is 7.68. The van der Waals surface area contributed by atoms with Gasteiger partial charge in [-0.1, -0.05) is 23.7 Å². The summed E-state index contributed by atoms with van der Waals surface area (Å²) in [5.41, 5.74) is 0.698. The van der Waals surface area contributed by atoms with Crippen LogP contribution in [0.1, 0.15) is 23.8 Å². The number of urea groups is 1. The van der Waals surface area contributed by atoms with Gasteiger partial charge in [0.2, 0.25) is 0 Å². The van der Waals surface area contributed by atoms with Crippen LogP contribution in [0.3, 0.4) is 0 Å². The minimum Gasteiger partial charge on any atom is -0.336 e. The first kappa shape index (κ1) is 16.3. The van der Waals surface area contributed by atoms with E-state index >= 15 is 0 Å². The first-order valence-electron chi connectivity index (χ1n) is 7.80. The van der Waals surface area contributed by atoms with Crippen LogP contribution in [-0.2, 0) is 0 Å². The molecule has 4 nitrogen and oxygen atoms in total. The summed E-state index contributed by atoms with van der Waals surface area (Å²) in [6.45, 7) is 2.80. The van der Waals surface area contributed by atoms with Crippen LogP contribution in [-0.4, -0.2) is 30.6 Å². The van der Waals surface area contributed by atoms with Gasteiger partial charge < -0.3 is 10.6 Å². The van der Waals surface area contributed by atoms with Crippen molar-refractivity contribution in [2.75, 3.05) is 25.0 Å². The second-order valence-electron chi connectivity index (χ2n) is 5.62. The highest BCUT2D eigenvalue weighted by molar-refractivity contribution is 7.10. The lowest BCUT2D eigenvalue weighted by Gasteiger charge is -2.26. The van der Waals surface area contributed by atoms with Crippen molar-refractivity contribution in [2.24, 2.45) is 0 Å². The third kappa shape index (κ3) is 4.47. The van der Waals surface area contributed by atoms with Crippen LogP contribution in [0.5, 0.6) is 0 Å². The van der Waals surface area contributed by atoms with Crippen molar-refractivity contribution in [1.82, 2.24) is 10.2 Å². The topological polar surface area (TPSA) is 44.4 Å². The Morgan fingerprint density at radius 3 is 2.78 bits per heavy atom. The van der Waals surface area contributed by atoms with Crippen molar-refractivity contribution in [3.8, 4) is 0 Å². The lowest BCUT2D eigenvalue weighted by molar-refractivity contribution is 0.229. The molecule has 3 rings (SSSR count). The van der Waals surface area contributed by atoms with E-state index in [9.17, 15) is 4.79 Å². The molecule has 2 N–H and O–H groups in total. The van der Waals surface area contributed by atoms with E-state index in [0.29, 0.717) is 17.3 Å². The van der Waals surface area contributed by atoms with Gasteiger partial charge in [-0.2, -0.15) is 0 Å². The molecule has 6 heteroatoms. The molecule has 2 amide bonds. The molecular weight excluding hydrogens is 330 g/mol. The van der Waals surface area contributed by atoms with E-state index in [1.807, 2.05) is 12.1 Å². The molecule has 23 heavy (non-hydrogen) atoms. The van der Waals surface area contributed by atoms with Gasteiger partial charge in [-0.15, -0.1) is 11.3 Å². The van der Waals surface area contributed by atoms with Crippen molar-refractivity contribution in [2.45, 2.75) is 18.9 Å². The van der Waals surface area contributed by atoms with E-state index < -0.39 is 0 Å². The maximum Gasteiger partial charge on any atom is 0.319 e. The molecule has 1 fully saturated rings. The van der Waals surface area contributed by atoms with Gasteiger partial charge in [0.15, 0.2) is 0 Å². The number of likely N-dealkylation sites (tertiary alicyclic amines) is 1. The van der Waals surface area contributed by atoms with E-state index in [0.717, 1.165) is 13.1 Å². The van der Waals surface area contributed by atoms with Gasteiger partial charge in [0.25, 0.3) is 0 Å². The minimum absolute atomic E-state index is 0.201. The number of carbonyl (C=O) groups excluding carboxylic acids is 1. The third-order valence-electron chi connectivity index (χ3n) is 3.99. The highest BCUT2D eigenvalue weighted by Gasteiger charge is 2.24. The number of hydrogen-bond acceptors (Lipinski definition) is 3. The van der Waals surface area contributed by atoms with Crippen LogP contribution in [0.2, 0.25) is 5.02 Å². The summed E-state index contributed by atoms with van der Waals surface area (Å²) in [7, 11) is 0. The molecule has 0 radical (unpaired) electrons. The fourth-order valence-corrected chi connectivity index (χ4v) is 3.93. The van der Waals surface area contributed by atoms with E-state index in [2.05, 4.69) is 33.0 Å². The highest BCUT2D eigenvalue weighted by atomic mass is 35.5. The van der Waals surface area contributed by atoms with Gasteiger partial charge in [0.1, 0.15) is 0 Å². The molecule has 1 aliphatic heterocycles. The van der Waals surface area contributed by atoms with Crippen molar-refractivity contribution < 1.29 is 4.79 Å². The molecule has 1 aromatic carbocycles. The molecule has 2 aromatic rings. The molecule has 1 unspecified atom stereocenters. The summed E-state index contributed by atoms with van der Waals surface area (Å²) in [4.78, 5) is 15.9. The lowest BCUT2D eigenvalue weighted by atomic mass is 10.2. The number of benzene rings is 1. The predicted molar refractivity (Wildman–Crippen MR) is 96.3 cm³/mol. The molecule has 1 aliphatic rings. The van der Waals surface area contributed by atoms with Crippen LogP contribution < -0.4 is 10.6 Å². The summed E-state index contributed by atoms with van der Waals surface area (Å²) in [6, 6.07) is 11.4. The van der Waals surface area contributed by atoms with Crippen LogP contribution in [0.25, 0.3) is 0 Å². The predicted octanol–water partition coefficient (Wildman–Crippen LogP) is 4.36. The zero-order valence-electron chi connectivity index (χ0n) is 12.8. The van der Waals surface area contributed by atoms with Crippen molar-refractivity contribution >= 4 is 34.7 Å². The molecule has 1 aromatic heterocycles. The largest absolute Gasteiger partial charge is 0.336 e. The number of carbonyl (C=O) groups is 1. The van der Waals surface area contributed by atoms with E-state index in [1.54, 1.807) is 23.5 Å². The van der Waals surface area contributed by atoms with Gasteiger partial charge in [-0.3, -0.25) is 4.90 Å². The molecular formula is C17H20ClN3OS. The Labute approximate surface area is 145 Å². The van der Waals surface area contributed by atoms with Gasteiger partial charge in [0, 0.05) is 22.1 Å². The zero-order valence-corrected chi connectivity index (χ0v) is 14.4. The Morgan fingerprint density at radius 2 is 2.09 bits per heavy atom. The average Bonchev–Trinajstić information content (AvgIpc) is 3.21. The summed E-state index contributed by atoms with van der Waals surface area (Å²) in [6.07, 6.45) is 2.47. The fourth-order valence-electron chi connectivity index (χ4n) is 2.87. The molecule has 122 valence electrons. The summed E-state index contributed by atoms with van der Waals surface area (Å²) in [5.74, 6) is 0. The van der Waals surface area contributed by atoms with Gasteiger partial charge in [-0.25, -0.2) is 4.79 Å². The Bertz CT molecular complexity index is 641. The van der Waals surface area contributed by atoms with Crippen LogP contribution in [0.15, 0.2) is 41.8 Å². The van der Waals surface area contributed by atoms with E-state index in [1.165, 1.54) is 17.7 Å². The van der Waals surface area contributed by atoms with Crippen molar-refractivity contribution in [1.29, 1.82) is 0 Å². The Morgan fingerprint density at radius 1 is 1.26 bits per heavy atom. The number of hydrogen-bond donors (Lipinski definition) is 2. The number of anilines is 1. The van der Waals surface area contributed by atoms with E-state index in [4.69, 9.17) is 11.6 Å². The molecule has 0 bridgehead atoms. The molecule has 2 heterocycles. The number of nitrogens with one attached hydrogen (secondary N) is 2. The first-order chi connectivity index (χ1) is 11.2. The number of rotatable bonds is 5. The van der Waals surface area contributed by atoms with Crippen molar-refractivity contribution in [3.63, 3.8) is 0 Å². The molecule has 0 aliphatic carbocycles. The first-order valence-corrected chi connectivity index (χ1v) is 9.06. The van der Waals surface area contributed by atoms with Crippen LogP contribution in [0, 0.1) is 0 Å². The smallest absolute Gasteiger partial charge is 0.319 e. The molecule has 1 atom stereocenters. The van der Waals surface area contributed by atoms with E-state index in [-0.39, 0.29) is 12.1 Å². The minimum atomic E-state index is -0.201. The zero-order chi connectivity index (χ0) is 16.1. The third-order valence-corrected chi connectivity index (χ3v) is 5.20. The molecule has 0 saturated carbocycles. The maximum atomic E-state index is 12.1. The quantitative estimate of drug-likeness (QED) is 0.842. The fraction of sp³-hybridized carbons (Fsp3) is 0.353. The number of nitrogens with zero attached hydrogens (tertiary/aromatic N) is 1. The van der Waals surface area contributed by atoms with Gasteiger partial charge in [-0.05, 0) is 55.6 Å². The standard InChI is InChI=1S/C17H20ClN3OS/c18-13-5-3-6-14(11-13)20-17(22)19-12-15(16-7-4-10-23-16)21-8-1-2-9-21/h3-7,10-11,15H,1-2,8-9,12H2,(H2,19,20,22). The Balaban J connectivity index is 1.59. The molecule has 0 spiro atoms. The Hall–Kier alpha value is -1.56. The summed E-state index contributed by atoms with van der Waals surface area (Å²) in [5, 5.41) is 8.51. The maximum absolute atomic E-state index is 12.1. The monoisotopic (exact) mass is 349 g/mol. The number of amides is 2. The average molecular weight is 350 g/mol. The normalized spacial score (nSPS) is 16.2. The highest BCUT2D eigenvalue weighted by Crippen LogP contribution is 2.27.